The summed E-state index contributed by atoms with van der Waals surface area (Å²) in [7, 11) is 1.53. The van der Waals surface area contributed by atoms with Gasteiger partial charge in [0.25, 0.3) is 0 Å². The number of carbonyl (C=O) groups excluding carboxylic acids is 1. The highest BCUT2D eigenvalue weighted by molar-refractivity contribution is 5.80. The zero-order chi connectivity index (χ0) is 15.1. The molecule has 1 amide bonds. The van der Waals surface area contributed by atoms with Gasteiger partial charge in [0.2, 0.25) is 5.91 Å². The van der Waals surface area contributed by atoms with Gasteiger partial charge < -0.3 is 15.5 Å². The number of likely N-dealkylation sites (N-methyl/N-ethyl adjacent to an activating group) is 2. The van der Waals surface area contributed by atoms with Gasteiger partial charge in [-0.15, -0.1) is 0 Å². The van der Waals surface area contributed by atoms with Crippen LogP contribution in [-0.2, 0) is 4.79 Å². The number of halogens is 2. The van der Waals surface area contributed by atoms with E-state index in [2.05, 4.69) is 15.6 Å². The van der Waals surface area contributed by atoms with Gasteiger partial charge in [0, 0.05) is 26.2 Å². The molecule has 112 valence electrons. The van der Waals surface area contributed by atoms with Crippen molar-refractivity contribution >= 4 is 17.5 Å². The fourth-order valence-corrected chi connectivity index (χ4v) is 1.64. The Labute approximate surface area is 117 Å². The average Bonchev–Trinajstić information content (AvgIpc) is 2.37. The molecule has 0 aliphatic heterocycles. The van der Waals surface area contributed by atoms with Crippen LogP contribution in [0.15, 0.2) is 6.07 Å². The zero-order valence-corrected chi connectivity index (χ0v) is 12.0. The number of rotatable bonds is 7. The number of carbonyl (C=O) groups is 1. The zero-order valence-electron chi connectivity index (χ0n) is 12.0. The summed E-state index contributed by atoms with van der Waals surface area (Å²) in [6.07, 6.45) is 0.794. The van der Waals surface area contributed by atoms with Crippen molar-refractivity contribution in [2.75, 3.05) is 36.9 Å². The molecule has 0 aliphatic carbocycles. The molecular weight excluding hydrogens is 266 g/mol. The fraction of sp³-hybridized carbons (Fsp3) is 0.538. The van der Waals surface area contributed by atoms with E-state index in [0.717, 1.165) is 12.5 Å². The van der Waals surface area contributed by atoms with Gasteiger partial charge in [-0.25, -0.2) is 13.8 Å². The lowest BCUT2D eigenvalue weighted by atomic mass is 10.3. The third-order valence-electron chi connectivity index (χ3n) is 2.57. The molecule has 0 saturated carbocycles. The largest absolute Gasteiger partial charge is 0.368 e. The van der Waals surface area contributed by atoms with Crippen LogP contribution in [0.4, 0.5) is 20.4 Å². The fourth-order valence-electron chi connectivity index (χ4n) is 1.64. The van der Waals surface area contributed by atoms with Crippen molar-refractivity contribution in [2.24, 2.45) is 0 Å². The van der Waals surface area contributed by atoms with Crippen molar-refractivity contribution in [1.82, 2.24) is 10.3 Å². The number of nitrogens with one attached hydrogen (secondary N) is 2. The Kier molecular flexibility index (Phi) is 6.14. The number of nitrogens with zero attached hydrogens (tertiary/aromatic N) is 2. The van der Waals surface area contributed by atoms with Crippen LogP contribution in [0.1, 0.15) is 20.3 Å². The highest BCUT2D eigenvalue weighted by Crippen LogP contribution is 2.21. The van der Waals surface area contributed by atoms with Crippen LogP contribution in [0.3, 0.4) is 0 Å². The van der Waals surface area contributed by atoms with E-state index in [9.17, 15) is 13.6 Å². The normalized spacial score (nSPS) is 10.2. The first kappa shape index (κ1) is 16.1. The summed E-state index contributed by atoms with van der Waals surface area (Å²) in [5, 5.41) is 5.39. The van der Waals surface area contributed by atoms with E-state index in [1.165, 1.54) is 11.9 Å². The summed E-state index contributed by atoms with van der Waals surface area (Å²) in [4.78, 5) is 16.7. The van der Waals surface area contributed by atoms with E-state index in [4.69, 9.17) is 0 Å². The maximum Gasteiger partial charge on any atom is 0.239 e. The van der Waals surface area contributed by atoms with E-state index in [1.54, 1.807) is 6.92 Å². The molecule has 0 fully saturated rings. The smallest absolute Gasteiger partial charge is 0.239 e. The van der Waals surface area contributed by atoms with Gasteiger partial charge >= 0.3 is 0 Å². The van der Waals surface area contributed by atoms with Gasteiger partial charge in [-0.1, -0.05) is 6.92 Å². The van der Waals surface area contributed by atoms with Crippen molar-refractivity contribution in [1.29, 1.82) is 0 Å². The molecular formula is C13H20F2N4O. The highest BCUT2D eigenvalue weighted by atomic mass is 19.1. The molecule has 1 rings (SSSR count). The molecule has 0 bridgehead atoms. The topological polar surface area (TPSA) is 57.3 Å². The van der Waals surface area contributed by atoms with Gasteiger partial charge in [-0.05, 0) is 13.3 Å². The Morgan fingerprint density at radius 2 is 2.05 bits per heavy atom. The van der Waals surface area contributed by atoms with Crippen molar-refractivity contribution in [3.05, 3.63) is 17.7 Å². The first-order valence-corrected chi connectivity index (χ1v) is 6.57. The van der Waals surface area contributed by atoms with Gasteiger partial charge in [-0.3, -0.25) is 4.79 Å². The average molecular weight is 286 g/mol. The number of aromatic nitrogens is 1. The number of hydrogen-bond acceptors (Lipinski definition) is 4. The minimum atomic E-state index is -0.795. The quantitative estimate of drug-likeness (QED) is 0.802. The predicted molar refractivity (Wildman–Crippen MR) is 74.9 cm³/mol. The minimum absolute atomic E-state index is 0.00833. The molecule has 7 heteroatoms. The Morgan fingerprint density at radius 1 is 1.35 bits per heavy atom. The van der Waals surface area contributed by atoms with Crippen molar-refractivity contribution < 1.29 is 13.6 Å². The van der Waals surface area contributed by atoms with Crippen LogP contribution in [0.25, 0.3) is 0 Å². The second-order valence-electron chi connectivity index (χ2n) is 4.36. The Balaban J connectivity index is 2.89. The summed E-state index contributed by atoms with van der Waals surface area (Å²) in [5.41, 5.74) is 0. The Morgan fingerprint density at radius 3 is 2.65 bits per heavy atom. The number of anilines is 2. The monoisotopic (exact) mass is 286 g/mol. The molecule has 2 N–H and O–H groups in total. The third kappa shape index (κ3) is 4.32. The minimum Gasteiger partial charge on any atom is -0.368 e. The molecule has 0 atom stereocenters. The molecule has 0 aromatic carbocycles. The first-order valence-electron chi connectivity index (χ1n) is 6.57. The molecule has 1 heterocycles. The second kappa shape index (κ2) is 7.62. The molecule has 1 aromatic heterocycles. The van der Waals surface area contributed by atoms with Crippen LogP contribution in [0.5, 0.6) is 0 Å². The number of hydrogen-bond donors (Lipinski definition) is 2. The Hall–Kier alpha value is -1.92. The summed E-state index contributed by atoms with van der Waals surface area (Å²) in [6, 6.07) is 0.772. The summed E-state index contributed by atoms with van der Waals surface area (Å²) < 4.78 is 27.3. The molecule has 1 aromatic rings. The molecule has 0 spiro atoms. The van der Waals surface area contributed by atoms with E-state index in [-0.39, 0.29) is 24.1 Å². The summed E-state index contributed by atoms with van der Waals surface area (Å²) in [6.45, 7) is 4.71. The number of pyridine rings is 1. The van der Waals surface area contributed by atoms with Crippen LogP contribution in [0.2, 0.25) is 0 Å². The molecule has 5 nitrogen and oxygen atoms in total. The lowest BCUT2D eigenvalue weighted by Crippen LogP contribution is -2.35. The standard InChI is InChI=1S/C13H20F2N4O/c1-4-6-17-12-9(14)7-10(15)13(18-12)19(3)8-11(20)16-5-2/h7H,4-6,8H2,1-3H3,(H,16,20)(H,17,18). The second-order valence-corrected chi connectivity index (χ2v) is 4.36. The molecule has 0 unspecified atom stereocenters. The maximum absolute atomic E-state index is 13.7. The summed E-state index contributed by atoms with van der Waals surface area (Å²) in [5.74, 6) is -1.85. The van der Waals surface area contributed by atoms with Gasteiger partial charge in [0.15, 0.2) is 23.3 Å². The van der Waals surface area contributed by atoms with Gasteiger partial charge in [-0.2, -0.15) is 0 Å². The van der Waals surface area contributed by atoms with Gasteiger partial charge in [0.05, 0.1) is 6.54 Å². The highest BCUT2D eigenvalue weighted by Gasteiger charge is 2.16. The molecule has 0 radical (unpaired) electrons. The molecule has 20 heavy (non-hydrogen) atoms. The summed E-state index contributed by atoms with van der Waals surface area (Å²) >= 11 is 0. The molecule has 0 saturated heterocycles. The van der Waals surface area contributed by atoms with Crippen LogP contribution < -0.4 is 15.5 Å². The van der Waals surface area contributed by atoms with Crippen molar-refractivity contribution in [2.45, 2.75) is 20.3 Å². The van der Waals surface area contributed by atoms with E-state index < -0.39 is 11.6 Å². The lowest BCUT2D eigenvalue weighted by molar-refractivity contribution is -0.119. The SMILES string of the molecule is CCCNc1nc(N(C)CC(=O)NCC)c(F)cc1F. The van der Waals surface area contributed by atoms with E-state index in [1.807, 2.05) is 6.92 Å². The third-order valence-corrected chi connectivity index (χ3v) is 2.57. The number of amides is 1. The van der Waals surface area contributed by atoms with E-state index >= 15 is 0 Å². The maximum atomic E-state index is 13.7. The lowest BCUT2D eigenvalue weighted by Gasteiger charge is -2.19. The van der Waals surface area contributed by atoms with Crippen LogP contribution >= 0.6 is 0 Å². The predicted octanol–water partition coefficient (Wildman–Crippen LogP) is 1.75. The molecule has 0 aliphatic rings. The van der Waals surface area contributed by atoms with Crippen LogP contribution in [-0.4, -0.2) is 37.6 Å². The first-order chi connectivity index (χ1) is 9.49. The van der Waals surface area contributed by atoms with Crippen LogP contribution in [0, 0.1) is 11.6 Å². The van der Waals surface area contributed by atoms with Gasteiger partial charge in [0.1, 0.15) is 0 Å². The van der Waals surface area contributed by atoms with Crippen molar-refractivity contribution in [3.8, 4) is 0 Å². The van der Waals surface area contributed by atoms with Crippen molar-refractivity contribution in [3.63, 3.8) is 0 Å². The van der Waals surface area contributed by atoms with E-state index in [0.29, 0.717) is 13.1 Å². The Bertz CT molecular complexity index is 468.